The van der Waals surface area contributed by atoms with E-state index in [1.807, 2.05) is 0 Å². The molecule has 0 aromatic heterocycles. The van der Waals surface area contributed by atoms with E-state index in [4.69, 9.17) is 9.47 Å². The lowest BCUT2D eigenvalue weighted by Gasteiger charge is -2.18. The van der Waals surface area contributed by atoms with E-state index in [9.17, 15) is 12.8 Å². The van der Waals surface area contributed by atoms with Crippen molar-refractivity contribution in [1.29, 1.82) is 0 Å². The Morgan fingerprint density at radius 1 is 1.32 bits per heavy atom. The number of hydrogen-bond donors (Lipinski definition) is 1. The van der Waals surface area contributed by atoms with E-state index in [1.54, 1.807) is 13.0 Å². The van der Waals surface area contributed by atoms with Gasteiger partial charge in [0, 0.05) is 5.56 Å². The van der Waals surface area contributed by atoms with E-state index >= 15 is 0 Å². The molecule has 1 aliphatic rings. The van der Waals surface area contributed by atoms with E-state index in [2.05, 4.69) is 8.91 Å². The molecular formula is C11H14FNO5S. The van der Waals surface area contributed by atoms with Crippen molar-refractivity contribution in [3.05, 3.63) is 35.6 Å². The van der Waals surface area contributed by atoms with Gasteiger partial charge >= 0.3 is 10.3 Å². The highest BCUT2D eigenvalue weighted by molar-refractivity contribution is 7.84. The number of ether oxygens (including phenoxy) is 2. The van der Waals surface area contributed by atoms with Crippen molar-refractivity contribution in [3.63, 3.8) is 0 Å². The molecule has 0 spiro atoms. The van der Waals surface area contributed by atoms with Crippen LogP contribution in [0.2, 0.25) is 0 Å². The van der Waals surface area contributed by atoms with Crippen molar-refractivity contribution in [2.75, 3.05) is 7.11 Å². The first-order valence-corrected chi connectivity index (χ1v) is 6.97. The van der Waals surface area contributed by atoms with Crippen LogP contribution < -0.4 is 4.72 Å². The summed E-state index contributed by atoms with van der Waals surface area (Å²) in [5, 5.41) is 0. The molecule has 0 radical (unpaired) electrons. The maximum Gasteiger partial charge on any atom is 0.337 e. The highest BCUT2D eigenvalue weighted by Gasteiger charge is 2.39. The van der Waals surface area contributed by atoms with E-state index in [1.165, 1.54) is 18.2 Å². The molecule has 0 bridgehead atoms. The third kappa shape index (κ3) is 3.28. The van der Waals surface area contributed by atoms with Gasteiger partial charge in [-0.1, -0.05) is 18.2 Å². The molecule has 1 heterocycles. The van der Waals surface area contributed by atoms with Crippen LogP contribution in [0.5, 0.6) is 0 Å². The minimum atomic E-state index is -3.96. The quantitative estimate of drug-likeness (QED) is 0.898. The van der Waals surface area contributed by atoms with Crippen molar-refractivity contribution in [2.45, 2.75) is 25.5 Å². The summed E-state index contributed by atoms with van der Waals surface area (Å²) in [5.74, 6) is -0.494. The Morgan fingerprint density at radius 3 is 2.63 bits per heavy atom. The van der Waals surface area contributed by atoms with Crippen molar-refractivity contribution in [3.8, 4) is 0 Å². The van der Waals surface area contributed by atoms with Gasteiger partial charge in [-0.2, -0.15) is 13.1 Å². The summed E-state index contributed by atoms with van der Waals surface area (Å²) in [7, 11) is -2.94. The molecule has 1 aromatic carbocycles. The lowest BCUT2D eigenvalue weighted by atomic mass is 10.1. The van der Waals surface area contributed by atoms with Crippen LogP contribution in [-0.4, -0.2) is 28.0 Å². The molecule has 0 aliphatic carbocycles. The first-order chi connectivity index (χ1) is 8.93. The number of benzene rings is 1. The number of nitrogens with one attached hydrogen (secondary N) is 1. The number of halogens is 1. The Balaban J connectivity index is 2.26. The lowest BCUT2D eigenvalue weighted by Crippen LogP contribution is -2.38. The third-order valence-electron chi connectivity index (χ3n) is 2.64. The second-order valence-electron chi connectivity index (χ2n) is 3.94. The van der Waals surface area contributed by atoms with Crippen molar-refractivity contribution < 1.29 is 26.5 Å². The average Bonchev–Trinajstić information content (AvgIpc) is 2.70. The monoisotopic (exact) mass is 291 g/mol. The predicted molar refractivity (Wildman–Crippen MR) is 63.6 cm³/mol. The molecule has 1 aliphatic heterocycles. The Morgan fingerprint density at radius 2 is 2.00 bits per heavy atom. The van der Waals surface area contributed by atoms with E-state index in [0.717, 1.165) is 7.11 Å². The molecule has 3 atom stereocenters. The Hall–Kier alpha value is -1.06. The van der Waals surface area contributed by atoms with Gasteiger partial charge in [-0.3, -0.25) is 4.18 Å². The van der Waals surface area contributed by atoms with Crippen molar-refractivity contribution >= 4 is 10.3 Å². The molecule has 1 saturated heterocycles. The smallest absolute Gasteiger partial charge is 0.337 e. The summed E-state index contributed by atoms with van der Waals surface area (Å²) in [4.78, 5) is 0. The zero-order chi connectivity index (χ0) is 14.0. The van der Waals surface area contributed by atoms with Crippen LogP contribution in [0.3, 0.4) is 0 Å². The summed E-state index contributed by atoms with van der Waals surface area (Å²) in [6, 6.07) is 5.94. The fraction of sp³-hybridized carbons (Fsp3) is 0.455. The molecule has 6 nitrogen and oxygen atoms in total. The average molecular weight is 291 g/mol. The maximum absolute atomic E-state index is 13.7. The molecule has 0 amide bonds. The standard InChI is InChI=1S/C11H14FNO5S/c1-7-17-10(8-5-3-4-6-9(8)12)11(18-7)13-19(14,15)16-2/h3-7,10-11,13H,1-2H3/t7?,10-,11-/m1/s1. The second-order valence-corrected chi connectivity index (χ2v) is 5.42. The highest BCUT2D eigenvalue weighted by atomic mass is 32.2. The molecule has 19 heavy (non-hydrogen) atoms. The van der Waals surface area contributed by atoms with Gasteiger partial charge in [-0.15, -0.1) is 0 Å². The van der Waals surface area contributed by atoms with Crippen LogP contribution in [0.1, 0.15) is 18.6 Å². The minimum Gasteiger partial charge on any atom is -0.341 e. The van der Waals surface area contributed by atoms with E-state index in [-0.39, 0.29) is 5.56 Å². The van der Waals surface area contributed by atoms with Gasteiger partial charge in [0.25, 0.3) is 0 Å². The lowest BCUT2D eigenvalue weighted by molar-refractivity contribution is -0.0525. The van der Waals surface area contributed by atoms with Crippen LogP contribution in [0.4, 0.5) is 4.39 Å². The molecule has 1 unspecified atom stereocenters. The third-order valence-corrected chi connectivity index (χ3v) is 3.60. The van der Waals surface area contributed by atoms with Crippen LogP contribution in [0.25, 0.3) is 0 Å². The van der Waals surface area contributed by atoms with Crippen molar-refractivity contribution in [2.24, 2.45) is 0 Å². The van der Waals surface area contributed by atoms with E-state index in [0.29, 0.717) is 0 Å². The molecule has 1 aromatic rings. The van der Waals surface area contributed by atoms with Gasteiger partial charge in [0.1, 0.15) is 11.9 Å². The van der Waals surface area contributed by atoms with Gasteiger partial charge in [0.05, 0.1) is 7.11 Å². The number of rotatable bonds is 4. The largest absolute Gasteiger partial charge is 0.341 e. The first kappa shape index (κ1) is 14.4. The van der Waals surface area contributed by atoms with Gasteiger partial charge in [0.2, 0.25) is 0 Å². The van der Waals surface area contributed by atoms with Crippen LogP contribution in [-0.2, 0) is 24.0 Å². The van der Waals surface area contributed by atoms with Crippen LogP contribution in [0, 0.1) is 5.82 Å². The molecule has 1 fully saturated rings. The predicted octanol–water partition coefficient (Wildman–Crippen LogP) is 1.07. The molecule has 106 valence electrons. The van der Waals surface area contributed by atoms with Gasteiger partial charge < -0.3 is 9.47 Å². The van der Waals surface area contributed by atoms with Gasteiger partial charge in [-0.05, 0) is 13.0 Å². The summed E-state index contributed by atoms with van der Waals surface area (Å²) in [6.07, 6.45) is -2.58. The van der Waals surface area contributed by atoms with E-state index < -0.39 is 34.7 Å². The fourth-order valence-electron chi connectivity index (χ4n) is 1.81. The first-order valence-electron chi connectivity index (χ1n) is 5.56. The van der Waals surface area contributed by atoms with Crippen LogP contribution >= 0.6 is 0 Å². The zero-order valence-electron chi connectivity index (χ0n) is 10.4. The Bertz CT molecular complexity index is 550. The molecule has 1 N–H and O–H groups in total. The molecule has 0 saturated carbocycles. The topological polar surface area (TPSA) is 73.9 Å². The molecule has 8 heteroatoms. The summed E-state index contributed by atoms with van der Waals surface area (Å²) in [6.45, 7) is 1.59. The highest BCUT2D eigenvalue weighted by Crippen LogP contribution is 2.32. The second kappa shape index (κ2) is 5.51. The molecule has 2 rings (SSSR count). The SMILES string of the molecule is COS(=O)(=O)N[C@@H]1OC(C)O[C@@H]1c1ccccc1F. The normalized spacial score (nSPS) is 27.6. The summed E-state index contributed by atoms with van der Waals surface area (Å²) < 4.78 is 53.5. The van der Waals surface area contributed by atoms with Crippen LogP contribution in [0.15, 0.2) is 24.3 Å². The van der Waals surface area contributed by atoms with Gasteiger partial charge in [0.15, 0.2) is 12.5 Å². The Labute approximate surface area is 110 Å². The summed E-state index contributed by atoms with van der Waals surface area (Å²) in [5.41, 5.74) is 0.218. The maximum atomic E-state index is 13.7. The molecular weight excluding hydrogens is 277 g/mol. The minimum absolute atomic E-state index is 0.218. The number of hydrogen-bond acceptors (Lipinski definition) is 5. The fourth-order valence-corrected chi connectivity index (χ4v) is 2.37. The zero-order valence-corrected chi connectivity index (χ0v) is 11.2. The van der Waals surface area contributed by atoms with Gasteiger partial charge in [-0.25, -0.2) is 4.39 Å². The Kier molecular flexibility index (Phi) is 4.16. The van der Waals surface area contributed by atoms with Crippen molar-refractivity contribution in [1.82, 2.24) is 4.72 Å². The summed E-state index contributed by atoms with van der Waals surface area (Å²) >= 11 is 0.